The normalized spacial score (nSPS) is 10.9. The number of benzene rings is 1. The van der Waals surface area contributed by atoms with Gasteiger partial charge in [-0.2, -0.15) is 0 Å². The van der Waals surface area contributed by atoms with Crippen molar-refractivity contribution in [2.24, 2.45) is 0 Å². The van der Waals surface area contributed by atoms with Crippen LogP contribution in [0.25, 0.3) is 10.1 Å². The van der Waals surface area contributed by atoms with Crippen LogP contribution in [0.1, 0.15) is 31.7 Å². The van der Waals surface area contributed by atoms with Gasteiger partial charge in [0.05, 0.1) is 0 Å². The van der Waals surface area contributed by atoms with E-state index in [1.54, 1.807) is 0 Å². The Morgan fingerprint density at radius 3 is 2.93 bits per heavy atom. The van der Waals surface area contributed by atoms with Crippen molar-refractivity contribution in [1.82, 2.24) is 0 Å². The fraction of sp³-hybridized carbons (Fsp3) is 0.385. The van der Waals surface area contributed by atoms with E-state index < -0.39 is 0 Å². The maximum absolute atomic E-state index is 2.27. The predicted octanol–water partition coefficient (Wildman–Crippen LogP) is 4.63. The molecule has 1 heteroatoms. The van der Waals surface area contributed by atoms with Gasteiger partial charge in [-0.3, -0.25) is 0 Å². The van der Waals surface area contributed by atoms with Gasteiger partial charge in [0.25, 0.3) is 0 Å². The van der Waals surface area contributed by atoms with E-state index in [2.05, 4.69) is 36.6 Å². The van der Waals surface area contributed by atoms with Crippen LogP contribution in [-0.4, -0.2) is 0 Å². The third kappa shape index (κ3) is 1.98. The molecule has 2 aromatic rings. The zero-order valence-electron chi connectivity index (χ0n) is 8.62. The number of rotatable bonds is 4. The molecule has 1 aromatic heterocycles. The summed E-state index contributed by atoms with van der Waals surface area (Å²) in [5.74, 6) is 0. The Morgan fingerprint density at radius 2 is 2.07 bits per heavy atom. The monoisotopic (exact) mass is 204 g/mol. The van der Waals surface area contributed by atoms with Crippen molar-refractivity contribution in [2.45, 2.75) is 32.6 Å². The van der Waals surface area contributed by atoms with Crippen molar-refractivity contribution in [2.75, 3.05) is 0 Å². The summed E-state index contributed by atoms with van der Waals surface area (Å²) in [7, 11) is 0. The Morgan fingerprint density at radius 1 is 1.14 bits per heavy atom. The molecule has 14 heavy (non-hydrogen) atoms. The zero-order valence-corrected chi connectivity index (χ0v) is 9.44. The van der Waals surface area contributed by atoms with E-state index in [-0.39, 0.29) is 0 Å². The Hall–Kier alpha value is -0.820. The molecule has 0 saturated carbocycles. The molecule has 0 amide bonds. The van der Waals surface area contributed by atoms with E-state index in [1.807, 2.05) is 11.3 Å². The van der Waals surface area contributed by atoms with E-state index in [0.29, 0.717) is 0 Å². The van der Waals surface area contributed by atoms with Crippen LogP contribution < -0.4 is 0 Å². The Balaban J connectivity index is 2.19. The molecule has 74 valence electrons. The maximum Gasteiger partial charge on any atom is 0.0374 e. The van der Waals surface area contributed by atoms with E-state index >= 15 is 0 Å². The lowest BCUT2D eigenvalue weighted by Crippen LogP contribution is -1.84. The molecule has 0 aliphatic heterocycles. The van der Waals surface area contributed by atoms with E-state index in [0.717, 1.165) is 0 Å². The molecule has 0 aliphatic rings. The molecule has 0 aliphatic carbocycles. The molecule has 0 atom stereocenters. The first-order valence-electron chi connectivity index (χ1n) is 5.37. The van der Waals surface area contributed by atoms with Gasteiger partial charge in [-0.25, -0.2) is 0 Å². The van der Waals surface area contributed by atoms with E-state index in [9.17, 15) is 0 Å². The summed E-state index contributed by atoms with van der Waals surface area (Å²) in [6, 6.07) is 8.86. The second kappa shape index (κ2) is 4.61. The highest BCUT2D eigenvalue weighted by Gasteiger charge is 2.00. The summed E-state index contributed by atoms with van der Waals surface area (Å²) in [6.45, 7) is 2.26. The van der Waals surface area contributed by atoms with Crippen LogP contribution in [0.2, 0.25) is 0 Å². The molecule has 0 unspecified atom stereocenters. The smallest absolute Gasteiger partial charge is 0.0374 e. The van der Waals surface area contributed by atoms with Crippen LogP contribution in [0, 0.1) is 0 Å². The number of aryl methyl sites for hydroxylation is 1. The van der Waals surface area contributed by atoms with E-state index in [1.165, 1.54) is 41.3 Å². The number of unbranched alkanes of at least 4 members (excludes halogenated alkanes) is 2. The minimum Gasteiger partial charge on any atom is -0.144 e. The third-order valence-corrected chi connectivity index (χ3v) is 3.62. The van der Waals surface area contributed by atoms with Crippen molar-refractivity contribution < 1.29 is 0 Å². The van der Waals surface area contributed by atoms with Crippen LogP contribution in [0.4, 0.5) is 0 Å². The van der Waals surface area contributed by atoms with Gasteiger partial charge in [0.15, 0.2) is 0 Å². The van der Waals surface area contributed by atoms with Gasteiger partial charge >= 0.3 is 0 Å². The number of fused-ring (bicyclic) bond motifs is 1. The molecule has 0 saturated heterocycles. The second-order valence-corrected chi connectivity index (χ2v) is 4.63. The lowest BCUT2D eigenvalue weighted by Gasteiger charge is -2.01. The van der Waals surface area contributed by atoms with Crippen LogP contribution in [0.5, 0.6) is 0 Å². The Bertz CT molecular complexity index is 400. The summed E-state index contributed by atoms with van der Waals surface area (Å²) in [5, 5.41) is 3.59. The first-order valence-corrected chi connectivity index (χ1v) is 6.25. The van der Waals surface area contributed by atoms with Crippen molar-refractivity contribution in [3.05, 3.63) is 35.2 Å². The van der Waals surface area contributed by atoms with Gasteiger partial charge in [-0.1, -0.05) is 38.0 Å². The van der Waals surface area contributed by atoms with Crippen molar-refractivity contribution >= 4 is 21.4 Å². The first-order chi connectivity index (χ1) is 6.92. The molecule has 0 nitrogen and oxygen atoms in total. The molecule has 1 aromatic carbocycles. The van der Waals surface area contributed by atoms with Gasteiger partial charge in [-0.05, 0) is 35.2 Å². The summed E-state index contributed by atoms with van der Waals surface area (Å²) in [6.07, 6.45) is 5.22. The van der Waals surface area contributed by atoms with Crippen LogP contribution in [-0.2, 0) is 6.42 Å². The highest BCUT2D eigenvalue weighted by molar-refractivity contribution is 7.17. The van der Waals surface area contributed by atoms with Gasteiger partial charge in [0.2, 0.25) is 0 Å². The van der Waals surface area contributed by atoms with Gasteiger partial charge in [0, 0.05) is 4.70 Å². The van der Waals surface area contributed by atoms with Crippen LogP contribution in [0.15, 0.2) is 29.6 Å². The number of hydrogen-bond donors (Lipinski definition) is 0. The Kier molecular flexibility index (Phi) is 3.20. The number of thiophene rings is 1. The lowest BCUT2D eigenvalue weighted by atomic mass is 10.1. The van der Waals surface area contributed by atoms with Crippen molar-refractivity contribution in [3.8, 4) is 0 Å². The zero-order chi connectivity index (χ0) is 9.80. The topological polar surface area (TPSA) is 0 Å². The van der Waals surface area contributed by atoms with E-state index in [4.69, 9.17) is 0 Å². The summed E-state index contributed by atoms with van der Waals surface area (Å²) >= 11 is 1.87. The first kappa shape index (κ1) is 9.72. The molecule has 0 bridgehead atoms. The average molecular weight is 204 g/mol. The maximum atomic E-state index is 2.27. The third-order valence-electron chi connectivity index (χ3n) is 2.61. The standard InChI is InChI=1S/C13H16S/c1-2-3-4-6-11-7-5-8-12-9-10-14-13(11)12/h5,7-10H,2-4,6H2,1H3. The molecular formula is C13H16S. The summed E-state index contributed by atoms with van der Waals surface area (Å²) < 4.78 is 1.49. The fourth-order valence-electron chi connectivity index (χ4n) is 1.82. The fourth-order valence-corrected chi connectivity index (χ4v) is 2.76. The minimum absolute atomic E-state index is 1.24. The van der Waals surface area contributed by atoms with Crippen molar-refractivity contribution in [1.29, 1.82) is 0 Å². The molecule has 0 radical (unpaired) electrons. The van der Waals surface area contributed by atoms with Crippen LogP contribution in [0.3, 0.4) is 0 Å². The molecule has 2 rings (SSSR count). The molecule has 1 heterocycles. The molecule has 0 spiro atoms. The van der Waals surface area contributed by atoms with Crippen LogP contribution >= 0.6 is 11.3 Å². The minimum atomic E-state index is 1.24. The molecular weight excluding hydrogens is 188 g/mol. The highest BCUT2D eigenvalue weighted by atomic mass is 32.1. The summed E-state index contributed by atoms with van der Waals surface area (Å²) in [4.78, 5) is 0. The highest BCUT2D eigenvalue weighted by Crippen LogP contribution is 2.25. The second-order valence-electron chi connectivity index (χ2n) is 3.71. The van der Waals surface area contributed by atoms with Gasteiger partial charge in [-0.15, -0.1) is 11.3 Å². The lowest BCUT2D eigenvalue weighted by molar-refractivity contribution is 0.720. The predicted molar refractivity (Wildman–Crippen MR) is 65.1 cm³/mol. The SMILES string of the molecule is CCCCCc1cccc2ccsc12. The van der Waals surface area contributed by atoms with Crippen molar-refractivity contribution in [3.63, 3.8) is 0 Å². The quantitative estimate of drug-likeness (QED) is 0.637. The largest absolute Gasteiger partial charge is 0.144 e. The number of hydrogen-bond acceptors (Lipinski definition) is 1. The Labute approximate surface area is 89.6 Å². The summed E-state index contributed by atoms with van der Waals surface area (Å²) in [5.41, 5.74) is 1.53. The average Bonchev–Trinajstić information content (AvgIpc) is 2.67. The van der Waals surface area contributed by atoms with Gasteiger partial charge in [0.1, 0.15) is 0 Å². The molecule has 0 N–H and O–H groups in total. The van der Waals surface area contributed by atoms with Gasteiger partial charge < -0.3 is 0 Å². The molecule has 0 fully saturated rings.